The molecule has 0 bridgehead atoms. The van der Waals surface area contributed by atoms with E-state index in [1.54, 1.807) is 11.1 Å². The summed E-state index contributed by atoms with van der Waals surface area (Å²) in [7, 11) is -4.30. The molecule has 12 heteroatoms. The van der Waals surface area contributed by atoms with Gasteiger partial charge < -0.3 is 14.7 Å². The molecule has 8 nitrogen and oxygen atoms in total. The highest BCUT2D eigenvalue weighted by atomic mass is 31.2. The Kier molecular flexibility index (Phi) is 7.42. The zero-order valence-electron chi connectivity index (χ0n) is 17.6. The monoisotopic (exact) mass is 474 g/mol. The summed E-state index contributed by atoms with van der Waals surface area (Å²) < 4.78 is 51.0. The first kappa shape index (κ1) is 24.4. The van der Waals surface area contributed by atoms with Gasteiger partial charge in [-0.25, -0.2) is 4.68 Å². The normalized spacial score (nSPS) is 16.9. The summed E-state index contributed by atoms with van der Waals surface area (Å²) in [5, 5.41) is 7.94. The van der Waals surface area contributed by atoms with Crippen molar-refractivity contribution in [2.45, 2.75) is 50.7 Å². The molecule has 0 spiro atoms. The number of carbonyl (C=O) groups excluding carboxylic acids is 1. The Hall–Kier alpha value is -2.23. The smallest absolute Gasteiger partial charge is 0.341 e. The minimum atomic E-state index is -4.38. The molecule has 2 N–H and O–H groups in total. The van der Waals surface area contributed by atoms with Crippen molar-refractivity contribution in [2.24, 2.45) is 0 Å². The number of rotatable bonds is 7. The number of hydrogen-bond acceptors (Lipinski definition) is 4. The van der Waals surface area contributed by atoms with Gasteiger partial charge in [0.25, 0.3) is 0 Å². The van der Waals surface area contributed by atoms with Crippen molar-refractivity contribution in [3.05, 3.63) is 47.3 Å². The molecule has 2 heterocycles. The summed E-state index contributed by atoms with van der Waals surface area (Å²) in [5.74, 6) is -0.259. The maximum absolute atomic E-state index is 13.2. The fraction of sp³-hybridized carbons (Fsp3) is 0.550. The summed E-state index contributed by atoms with van der Waals surface area (Å²) in [5.41, 5.74) is 0.771. The van der Waals surface area contributed by atoms with E-state index < -0.39 is 31.5 Å². The van der Waals surface area contributed by atoms with Crippen molar-refractivity contribution in [3.63, 3.8) is 0 Å². The van der Waals surface area contributed by atoms with Gasteiger partial charge in [-0.2, -0.15) is 13.2 Å². The van der Waals surface area contributed by atoms with Gasteiger partial charge in [-0.05, 0) is 49.3 Å². The highest BCUT2D eigenvalue weighted by Gasteiger charge is 2.33. The number of likely N-dealkylation sites (tertiary alicyclic amines) is 1. The molecule has 1 atom stereocenters. The van der Waals surface area contributed by atoms with E-state index in [1.165, 1.54) is 16.8 Å². The van der Waals surface area contributed by atoms with Crippen molar-refractivity contribution in [1.82, 2.24) is 19.9 Å². The van der Waals surface area contributed by atoms with Crippen molar-refractivity contribution >= 4 is 13.5 Å². The number of hydrogen-bond donors (Lipinski definition) is 2. The molecule has 0 saturated carbocycles. The molecule has 176 valence electrons. The molecule has 0 aliphatic carbocycles. The van der Waals surface area contributed by atoms with Crippen LogP contribution in [0.15, 0.2) is 30.5 Å². The van der Waals surface area contributed by atoms with E-state index in [9.17, 15) is 32.3 Å². The molecular weight excluding hydrogens is 448 g/mol. The quantitative estimate of drug-likeness (QED) is 0.596. The van der Waals surface area contributed by atoms with Crippen LogP contribution in [0.3, 0.4) is 0 Å². The number of alkyl halides is 3. The predicted octanol–water partition coefficient (Wildman–Crippen LogP) is 3.37. The maximum Gasteiger partial charge on any atom is 0.416 e. The minimum Gasteiger partial charge on any atom is -0.341 e. The first-order valence-corrected chi connectivity index (χ1v) is 12.2. The Labute approximate surface area is 183 Å². The molecule has 0 radical (unpaired) electrons. The van der Waals surface area contributed by atoms with Crippen molar-refractivity contribution < 1.29 is 32.3 Å². The standard InChI is InChI=1S/C20H26F3N4O4P/c1-2-17-13-27(25-24-17)18(9-12-32(29,30)31)19(28)26-10-7-15(8-11-26)14-3-5-16(6-4-14)20(21,22)23/h3-6,13,15,18H,2,7-12H2,1H3,(H2,29,30,31)/t18-/m0/s1. The Morgan fingerprint density at radius 1 is 1.22 bits per heavy atom. The van der Waals surface area contributed by atoms with Gasteiger partial charge in [0.05, 0.1) is 17.4 Å². The number of aryl methyl sites for hydroxylation is 1. The average molecular weight is 474 g/mol. The maximum atomic E-state index is 13.2. The molecule has 1 amide bonds. The predicted molar refractivity (Wildman–Crippen MR) is 110 cm³/mol. The van der Waals surface area contributed by atoms with Crippen LogP contribution in [0, 0.1) is 0 Å². The zero-order valence-corrected chi connectivity index (χ0v) is 18.5. The largest absolute Gasteiger partial charge is 0.416 e. The van der Waals surface area contributed by atoms with Gasteiger partial charge >= 0.3 is 13.8 Å². The number of piperidine rings is 1. The summed E-state index contributed by atoms with van der Waals surface area (Å²) >= 11 is 0. The van der Waals surface area contributed by atoms with Gasteiger partial charge in [0, 0.05) is 19.3 Å². The summed E-state index contributed by atoms with van der Waals surface area (Å²) in [4.78, 5) is 33.3. The molecule has 1 aliphatic heterocycles. The van der Waals surface area contributed by atoms with Gasteiger partial charge in [0.15, 0.2) is 0 Å². The lowest BCUT2D eigenvalue weighted by atomic mass is 9.88. The van der Waals surface area contributed by atoms with Crippen LogP contribution in [0.2, 0.25) is 0 Å². The Balaban J connectivity index is 1.67. The number of aromatic nitrogens is 3. The fourth-order valence-corrected chi connectivity index (χ4v) is 4.46. The fourth-order valence-electron chi connectivity index (χ4n) is 3.88. The topological polar surface area (TPSA) is 109 Å². The molecule has 3 rings (SSSR count). The van der Waals surface area contributed by atoms with E-state index in [0.29, 0.717) is 38.0 Å². The molecule has 32 heavy (non-hydrogen) atoms. The van der Waals surface area contributed by atoms with Gasteiger partial charge in [-0.3, -0.25) is 9.36 Å². The molecule has 1 aromatic heterocycles. The van der Waals surface area contributed by atoms with E-state index in [4.69, 9.17) is 0 Å². The third kappa shape index (κ3) is 6.17. The number of nitrogens with zero attached hydrogens (tertiary/aromatic N) is 4. The van der Waals surface area contributed by atoms with Crippen LogP contribution in [-0.4, -0.2) is 54.8 Å². The second-order valence-electron chi connectivity index (χ2n) is 7.96. The van der Waals surface area contributed by atoms with Crippen molar-refractivity contribution in [2.75, 3.05) is 19.3 Å². The third-order valence-corrected chi connectivity index (χ3v) is 6.58. The third-order valence-electron chi connectivity index (χ3n) is 5.73. The van der Waals surface area contributed by atoms with E-state index in [-0.39, 0.29) is 18.2 Å². The lowest BCUT2D eigenvalue weighted by Crippen LogP contribution is -2.42. The van der Waals surface area contributed by atoms with E-state index in [2.05, 4.69) is 10.3 Å². The number of benzene rings is 1. The first-order chi connectivity index (χ1) is 15.0. The average Bonchev–Trinajstić information content (AvgIpc) is 3.21. The highest BCUT2D eigenvalue weighted by molar-refractivity contribution is 7.51. The van der Waals surface area contributed by atoms with Crippen LogP contribution >= 0.6 is 7.60 Å². The Morgan fingerprint density at radius 2 is 1.84 bits per heavy atom. The second-order valence-corrected chi connectivity index (χ2v) is 9.73. The molecular formula is C20H26F3N4O4P. The van der Waals surface area contributed by atoms with E-state index in [1.807, 2.05) is 6.92 Å². The molecule has 1 fully saturated rings. The van der Waals surface area contributed by atoms with Gasteiger partial charge in [-0.1, -0.05) is 24.3 Å². The number of carbonyl (C=O) groups is 1. The van der Waals surface area contributed by atoms with Crippen LogP contribution in [0.25, 0.3) is 0 Å². The number of amides is 1. The molecule has 1 aromatic carbocycles. The summed E-state index contributed by atoms with van der Waals surface area (Å²) in [6.45, 7) is 2.67. The van der Waals surface area contributed by atoms with E-state index >= 15 is 0 Å². The molecule has 1 saturated heterocycles. The lowest BCUT2D eigenvalue weighted by Gasteiger charge is -2.34. The van der Waals surface area contributed by atoms with Crippen LogP contribution < -0.4 is 0 Å². The minimum absolute atomic E-state index is 0.0351. The van der Waals surface area contributed by atoms with Crippen LogP contribution in [-0.2, 0) is 22.0 Å². The SMILES string of the molecule is CCc1cn([C@@H](CCP(=O)(O)O)C(=O)N2CCC(c3ccc(C(F)(F)F)cc3)CC2)nn1. The highest BCUT2D eigenvalue weighted by Crippen LogP contribution is 2.38. The Morgan fingerprint density at radius 3 is 2.34 bits per heavy atom. The summed E-state index contributed by atoms with van der Waals surface area (Å²) in [6, 6.07) is 4.23. The van der Waals surface area contributed by atoms with Gasteiger partial charge in [0.1, 0.15) is 6.04 Å². The molecule has 0 unspecified atom stereocenters. The van der Waals surface area contributed by atoms with Gasteiger partial charge in [0.2, 0.25) is 5.91 Å². The number of halogens is 3. The first-order valence-electron chi connectivity index (χ1n) is 10.4. The van der Waals surface area contributed by atoms with Crippen molar-refractivity contribution in [3.8, 4) is 0 Å². The van der Waals surface area contributed by atoms with E-state index in [0.717, 1.165) is 17.7 Å². The second kappa shape index (κ2) is 9.72. The summed E-state index contributed by atoms with van der Waals surface area (Å²) in [6.07, 6.45) is -1.52. The Bertz CT molecular complexity index is 966. The van der Waals surface area contributed by atoms with Crippen LogP contribution in [0.5, 0.6) is 0 Å². The van der Waals surface area contributed by atoms with Crippen LogP contribution in [0.1, 0.15) is 55.0 Å². The molecule has 1 aliphatic rings. The van der Waals surface area contributed by atoms with Crippen LogP contribution in [0.4, 0.5) is 13.2 Å². The lowest BCUT2D eigenvalue weighted by molar-refractivity contribution is -0.138. The van der Waals surface area contributed by atoms with Gasteiger partial charge in [-0.15, -0.1) is 5.10 Å². The zero-order chi connectivity index (χ0) is 23.5. The molecule has 2 aromatic rings. The van der Waals surface area contributed by atoms with Crippen molar-refractivity contribution in [1.29, 1.82) is 0 Å².